The Labute approximate surface area is 185 Å². The van der Waals surface area contributed by atoms with Crippen molar-refractivity contribution in [3.05, 3.63) is 28.6 Å². The molecule has 0 spiro atoms. The van der Waals surface area contributed by atoms with Gasteiger partial charge in [-0.15, -0.1) is 11.3 Å². The van der Waals surface area contributed by atoms with Gasteiger partial charge in [0.1, 0.15) is 5.82 Å². The van der Waals surface area contributed by atoms with Gasteiger partial charge in [0.05, 0.1) is 23.5 Å². The fourth-order valence-corrected chi connectivity index (χ4v) is 5.48. The molecule has 0 aliphatic heterocycles. The van der Waals surface area contributed by atoms with Gasteiger partial charge >= 0.3 is 0 Å². The Bertz CT molecular complexity index is 1010. The molecule has 1 fully saturated rings. The van der Waals surface area contributed by atoms with Gasteiger partial charge in [0.2, 0.25) is 5.91 Å². The number of fused-ring (bicyclic) bond motifs is 1. The van der Waals surface area contributed by atoms with E-state index in [1.165, 1.54) is 16.6 Å². The second kappa shape index (κ2) is 8.93. The molecular formula is C21H28N6OS2. The predicted octanol–water partition coefficient (Wildman–Crippen LogP) is 4.06. The first-order chi connectivity index (χ1) is 14.5. The summed E-state index contributed by atoms with van der Waals surface area (Å²) in [6.07, 6.45) is 7.84. The lowest BCUT2D eigenvalue weighted by Crippen LogP contribution is -2.43. The molecule has 30 heavy (non-hydrogen) atoms. The van der Waals surface area contributed by atoms with Crippen LogP contribution in [0.1, 0.15) is 44.4 Å². The zero-order valence-electron chi connectivity index (χ0n) is 17.6. The Morgan fingerprint density at radius 3 is 2.80 bits per heavy atom. The van der Waals surface area contributed by atoms with Crippen LogP contribution in [-0.4, -0.2) is 44.5 Å². The lowest BCUT2D eigenvalue weighted by atomic mass is 9.83. The number of amides is 1. The van der Waals surface area contributed by atoms with Crippen LogP contribution in [0.2, 0.25) is 0 Å². The van der Waals surface area contributed by atoms with Crippen LogP contribution in [0.3, 0.4) is 0 Å². The summed E-state index contributed by atoms with van der Waals surface area (Å²) < 4.78 is 1.86. The summed E-state index contributed by atoms with van der Waals surface area (Å²) in [6, 6.07) is 4.40. The molecule has 3 aromatic rings. The summed E-state index contributed by atoms with van der Waals surface area (Å²) in [5, 5.41) is 14.7. The summed E-state index contributed by atoms with van der Waals surface area (Å²) >= 11 is 3.19. The van der Waals surface area contributed by atoms with Crippen molar-refractivity contribution in [1.82, 2.24) is 25.1 Å². The van der Waals surface area contributed by atoms with E-state index in [1.807, 2.05) is 17.0 Å². The Kier molecular flexibility index (Phi) is 6.29. The van der Waals surface area contributed by atoms with Gasteiger partial charge in [-0.1, -0.05) is 30.7 Å². The minimum absolute atomic E-state index is 0.139. The Hall–Kier alpha value is -2.13. The normalized spacial score (nSPS) is 15.7. The molecule has 0 radical (unpaired) electrons. The molecule has 9 heteroatoms. The molecule has 4 rings (SSSR count). The summed E-state index contributed by atoms with van der Waals surface area (Å²) in [4.78, 5) is 23.6. The van der Waals surface area contributed by atoms with Gasteiger partial charge in [0, 0.05) is 17.5 Å². The van der Waals surface area contributed by atoms with Crippen molar-refractivity contribution < 1.29 is 4.79 Å². The van der Waals surface area contributed by atoms with Crippen LogP contribution < -0.4 is 10.6 Å². The topological polar surface area (TPSA) is 84.7 Å². The van der Waals surface area contributed by atoms with E-state index in [4.69, 9.17) is 0 Å². The molecule has 2 N–H and O–H groups in total. The molecule has 1 saturated carbocycles. The van der Waals surface area contributed by atoms with Gasteiger partial charge in [-0.3, -0.25) is 4.79 Å². The molecule has 1 aliphatic carbocycles. The average molecular weight is 445 g/mol. The van der Waals surface area contributed by atoms with E-state index in [2.05, 4.69) is 51.0 Å². The second-order valence-electron chi connectivity index (χ2n) is 7.99. The van der Waals surface area contributed by atoms with Crippen molar-refractivity contribution in [1.29, 1.82) is 0 Å². The molecule has 1 amide bonds. The number of carbonyl (C=O) groups is 1. The molecule has 3 heterocycles. The minimum atomic E-state index is -0.358. The van der Waals surface area contributed by atoms with Crippen molar-refractivity contribution in [3.8, 4) is 0 Å². The number of nitrogens with one attached hydrogen (secondary N) is 2. The van der Waals surface area contributed by atoms with Crippen molar-refractivity contribution in [2.24, 2.45) is 0 Å². The van der Waals surface area contributed by atoms with Crippen LogP contribution in [0, 0.1) is 0 Å². The van der Waals surface area contributed by atoms with Crippen LogP contribution in [0.4, 0.5) is 5.82 Å². The highest BCUT2D eigenvalue weighted by Gasteiger charge is 2.43. The van der Waals surface area contributed by atoms with Gasteiger partial charge in [0.15, 0.2) is 10.8 Å². The summed E-state index contributed by atoms with van der Waals surface area (Å²) in [6.45, 7) is 5.26. The lowest BCUT2D eigenvalue weighted by Gasteiger charge is -2.26. The molecule has 0 aromatic carbocycles. The van der Waals surface area contributed by atoms with Crippen molar-refractivity contribution in [3.63, 3.8) is 0 Å². The van der Waals surface area contributed by atoms with Gasteiger partial charge < -0.3 is 10.6 Å². The number of nitrogens with zero attached hydrogens (tertiary/aromatic N) is 4. The highest BCUT2D eigenvalue weighted by atomic mass is 32.2. The first-order valence-electron chi connectivity index (χ1n) is 10.4. The van der Waals surface area contributed by atoms with Crippen molar-refractivity contribution in [2.75, 3.05) is 18.1 Å². The molecule has 0 unspecified atom stereocenters. The van der Waals surface area contributed by atoms with Crippen LogP contribution >= 0.6 is 23.1 Å². The van der Waals surface area contributed by atoms with Crippen LogP contribution in [0.15, 0.2) is 28.9 Å². The number of rotatable bonds is 8. The molecule has 1 aliphatic rings. The molecule has 0 saturated heterocycles. The third kappa shape index (κ3) is 4.05. The van der Waals surface area contributed by atoms with E-state index in [0.29, 0.717) is 18.2 Å². The Morgan fingerprint density at radius 2 is 2.13 bits per heavy atom. The van der Waals surface area contributed by atoms with Crippen molar-refractivity contribution in [2.45, 2.75) is 62.7 Å². The fourth-order valence-electron chi connectivity index (χ4n) is 4.13. The summed E-state index contributed by atoms with van der Waals surface area (Å²) in [5.74, 6) is 0.942. The number of aromatic nitrogens is 4. The molecule has 3 aromatic heterocycles. The van der Waals surface area contributed by atoms with Gasteiger partial charge in [-0.2, -0.15) is 5.10 Å². The zero-order valence-corrected chi connectivity index (χ0v) is 19.3. The SMILES string of the molecule is CSc1nc(NC(C)C)c2cnn(CCNC(=O)C3(c4cccs4)CCCC3)c2n1. The number of hydrogen-bond acceptors (Lipinski definition) is 7. The van der Waals surface area contributed by atoms with Gasteiger partial charge in [0.25, 0.3) is 0 Å². The molecule has 0 atom stereocenters. The van der Waals surface area contributed by atoms with E-state index in [-0.39, 0.29) is 17.4 Å². The van der Waals surface area contributed by atoms with E-state index in [0.717, 1.165) is 42.5 Å². The van der Waals surface area contributed by atoms with Gasteiger partial charge in [-0.05, 0) is 44.4 Å². The maximum Gasteiger partial charge on any atom is 0.231 e. The monoisotopic (exact) mass is 444 g/mol. The third-order valence-electron chi connectivity index (χ3n) is 5.58. The number of carbonyl (C=O) groups excluding carboxylic acids is 1. The summed E-state index contributed by atoms with van der Waals surface area (Å²) in [7, 11) is 0. The van der Waals surface area contributed by atoms with E-state index >= 15 is 0 Å². The quantitative estimate of drug-likeness (QED) is 0.403. The smallest absolute Gasteiger partial charge is 0.231 e. The fraction of sp³-hybridized carbons (Fsp3) is 0.524. The van der Waals surface area contributed by atoms with Crippen molar-refractivity contribution >= 4 is 45.9 Å². The third-order valence-corrected chi connectivity index (χ3v) is 7.20. The van der Waals surface area contributed by atoms with Crippen LogP contribution in [-0.2, 0) is 16.8 Å². The first-order valence-corrected chi connectivity index (χ1v) is 12.5. The first kappa shape index (κ1) is 21.1. The number of thiophene rings is 1. The zero-order chi connectivity index (χ0) is 21.1. The Balaban J connectivity index is 1.49. The highest BCUT2D eigenvalue weighted by molar-refractivity contribution is 7.98. The predicted molar refractivity (Wildman–Crippen MR) is 123 cm³/mol. The number of anilines is 1. The lowest BCUT2D eigenvalue weighted by molar-refractivity contribution is -0.126. The largest absolute Gasteiger partial charge is 0.367 e. The standard InChI is InChI=1S/C21H28N6OS2/c1-14(2)24-17-15-13-23-27(18(15)26-20(25-17)29-3)11-10-22-19(28)21(8-4-5-9-21)16-7-6-12-30-16/h6-7,12-14H,4-5,8-11H2,1-3H3,(H,22,28)(H,24,25,26). The van der Waals surface area contributed by atoms with Gasteiger partial charge in [-0.25, -0.2) is 14.6 Å². The minimum Gasteiger partial charge on any atom is -0.367 e. The summed E-state index contributed by atoms with van der Waals surface area (Å²) in [5.41, 5.74) is 0.434. The maximum absolute atomic E-state index is 13.2. The molecule has 7 nitrogen and oxygen atoms in total. The highest BCUT2D eigenvalue weighted by Crippen LogP contribution is 2.43. The van der Waals surface area contributed by atoms with E-state index < -0.39 is 0 Å². The number of thioether (sulfide) groups is 1. The second-order valence-corrected chi connectivity index (χ2v) is 9.71. The average Bonchev–Trinajstić information content (AvgIpc) is 3.48. The Morgan fingerprint density at radius 1 is 1.33 bits per heavy atom. The number of hydrogen-bond donors (Lipinski definition) is 2. The molecule has 0 bridgehead atoms. The van der Waals surface area contributed by atoms with Crippen LogP contribution in [0.5, 0.6) is 0 Å². The maximum atomic E-state index is 13.2. The van der Waals surface area contributed by atoms with E-state index in [1.54, 1.807) is 17.5 Å². The molecule has 160 valence electrons. The van der Waals surface area contributed by atoms with Crippen LogP contribution in [0.25, 0.3) is 11.0 Å². The van der Waals surface area contributed by atoms with E-state index in [9.17, 15) is 4.79 Å². The molecular weight excluding hydrogens is 416 g/mol.